The van der Waals surface area contributed by atoms with E-state index >= 15 is 0 Å². The second-order valence-corrected chi connectivity index (χ2v) is 11.7. The molecule has 0 radical (unpaired) electrons. The van der Waals surface area contributed by atoms with Gasteiger partial charge in [-0.15, -0.1) is 0 Å². The van der Waals surface area contributed by atoms with Gasteiger partial charge in [-0.1, -0.05) is 13.8 Å². The molecule has 0 aliphatic carbocycles. The van der Waals surface area contributed by atoms with Gasteiger partial charge in [-0.25, -0.2) is 8.42 Å². The van der Waals surface area contributed by atoms with E-state index in [2.05, 4.69) is 15.6 Å². The van der Waals surface area contributed by atoms with Crippen LogP contribution in [0.5, 0.6) is 0 Å². The molecule has 1 aromatic carbocycles. The van der Waals surface area contributed by atoms with Crippen LogP contribution in [-0.2, 0) is 19.6 Å². The Morgan fingerprint density at radius 2 is 2.00 bits per heavy atom. The summed E-state index contributed by atoms with van der Waals surface area (Å²) < 4.78 is 27.2. The molecular formula is C26H31N5O6S. The van der Waals surface area contributed by atoms with Crippen molar-refractivity contribution in [3.63, 3.8) is 0 Å². The third-order valence-corrected chi connectivity index (χ3v) is 8.31. The van der Waals surface area contributed by atoms with Crippen molar-refractivity contribution in [1.29, 1.82) is 0 Å². The molecule has 2 atom stereocenters. The van der Waals surface area contributed by atoms with Gasteiger partial charge in [0, 0.05) is 41.3 Å². The van der Waals surface area contributed by atoms with Crippen molar-refractivity contribution in [3.05, 3.63) is 65.6 Å². The monoisotopic (exact) mass is 541 g/mol. The molecule has 1 aliphatic heterocycles. The Bertz CT molecular complexity index is 1450. The lowest BCUT2D eigenvalue weighted by Gasteiger charge is -2.23. The number of sulfonamides is 1. The predicted molar refractivity (Wildman–Crippen MR) is 139 cm³/mol. The van der Waals surface area contributed by atoms with Crippen LogP contribution in [-0.4, -0.2) is 60.5 Å². The molecule has 2 aromatic heterocycles. The molecule has 0 spiro atoms. The molecule has 3 aromatic rings. The minimum atomic E-state index is -4.20. The number of fused-ring (bicyclic) bond motifs is 1. The standard InChI is InChI=1S/C26H31N5O6S/c1-17(2)14-22(29-25(33)19-8-9-20-18(15-19)10-11-27-20)26(34)28-21-6-5-12-30(16-23(21)32)38(36,37)24-7-3-4-13-31(24)35/h3-4,7-11,13,15,17,21-22,27H,5-6,12,14,16H2,1-2H3,(H,28,34)(H,29,33)/t21?,22-/m0/s1. The fraction of sp³-hybridized carbons (Fsp3) is 0.385. The number of pyridine rings is 1. The van der Waals surface area contributed by atoms with Crippen LogP contribution in [0, 0.1) is 11.1 Å². The first-order valence-corrected chi connectivity index (χ1v) is 13.9. The number of nitrogens with zero attached hydrogens (tertiary/aromatic N) is 2. The number of ketones is 1. The Hall–Kier alpha value is -3.77. The van der Waals surface area contributed by atoms with Crippen LogP contribution in [0.4, 0.5) is 0 Å². The molecule has 1 aliphatic rings. The lowest BCUT2D eigenvalue weighted by atomic mass is 10.0. The smallest absolute Gasteiger partial charge is 0.323 e. The summed E-state index contributed by atoms with van der Waals surface area (Å²) in [4.78, 5) is 42.3. The first-order valence-electron chi connectivity index (χ1n) is 12.5. The van der Waals surface area contributed by atoms with E-state index in [-0.39, 0.29) is 23.6 Å². The van der Waals surface area contributed by atoms with Crippen LogP contribution in [0.2, 0.25) is 0 Å². The maximum Gasteiger partial charge on any atom is 0.323 e. The third kappa shape index (κ3) is 6.03. The molecule has 3 N–H and O–H groups in total. The van der Waals surface area contributed by atoms with Gasteiger partial charge in [0.05, 0.1) is 12.6 Å². The first kappa shape index (κ1) is 27.3. The summed E-state index contributed by atoms with van der Waals surface area (Å²) in [7, 11) is -4.20. The van der Waals surface area contributed by atoms with Gasteiger partial charge in [0.15, 0.2) is 12.0 Å². The van der Waals surface area contributed by atoms with E-state index in [1.165, 1.54) is 18.2 Å². The quantitative estimate of drug-likeness (QED) is 0.290. The minimum Gasteiger partial charge on any atom is -0.618 e. The molecule has 4 rings (SSSR count). The fourth-order valence-corrected chi connectivity index (χ4v) is 5.98. The molecule has 1 fully saturated rings. The third-order valence-electron chi connectivity index (χ3n) is 6.47. The van der Waals surface area contributed by atoms with Crippen LogP contribution in [0.3, 0.4) is 0 Å². The number of aromatic nitrogens is 2. The minimum absolute atomic E-state index is 0.0309. The highest BCUT2D eigenvalue weighted by Crippen LogP contribution is 2.18. The molecule has 1 saturated heterocycles. The summed E-state index contributed by atoms with van der Waals surface area (Å²) in [5, 5.41) is 17.9. The summed E-state index contributed by atoms with van der Waals surface area (Å²) in [6, 6.07) is 9.26. The zero-order valence-corrected chi connectivity index (χ0v) is 22.0. The highest BCUT2D eigenvalue weighted by molar-refractivity contribution is 7.89. The van der Waals surface area contributed by atoms with Crippen LogP contribution in [0.25, 0.3) is 10.9 Å². The molecule has 202 valence electrons. The van der Waals surface area contributed by atoms with Crippen molar-refractivity contribution in [3.8, 4) is 0 Å². The second kappa shape index (κ2) is 11.3. The number of benzene rings is 1. The van der Waals surface area contributed by atoms with Crippen molar-refractivity contribution in [2.75, 3.05) is 13.1 Å². The van der Waals surface area contributed by atoms with Crippen molar-refractivity contribution >= 4 is 38.5 Å². The summed E-state index contributed by atoms with van der Waals surface area (Å²) in [6.07, 6.45) is 3.74. The van der Waals surface area contributed by atoms with Crippen molar-refractivity contribution in [2.24, 2.45) is 5.92 Å². The zero-order valence-electron chi connectivity index (χ0n) is 21.2. The maximum absolute atomic E-state index is 13.2. The van der Waals surface area contributed by atoms with E-state index in [0.29, 0.717) is 18.4 Å². The van der Waals surface area contributed by atoms with Crippen LogP contribution < -0.4 is 15.4 Å². The molecule has 0 bridgehead atoms. The van der Waals surface area contributed by atoms with Crippen LogP contribution in [0.1, 0.15) is 43.5 Å². The van der Waals surface area contributed by atoms with Gasteiger partial charge in [0.1, 0.15) is 6.04 Å². The van der Waals surface area contributed by atoms with E-state index in [1.807, 2.05) is 19.9 Å². The molecule has 3 heterocycles. The van der Waals surface area contributed by atoms with Crippen molar-refractivity contribution < 1.29 is 27.5 Å². The predicted octanol–water partition coefficient (Wildman–Crippen LogP) is 1.48. The number of aromatic amines is 1. The van der Waals surface area contributed by atoms with E-state index in [9.17, 15) is 28.0 Å². The molecule has 11 nitrogen and oxygen atoms in total. The Balaban J connectivity index is 1.45. The molecule has 38 heavy (non-hydrogen) atoms. The van der Waals surface area contributed by atoms with Crippen LogP contribution in [0.15, 0.2) is 59.9 Å². The van der Waals surface area contributed by atoms with Gasteiger partial charge >= 0.3 is 15.0 Å². The number of amides is 2. The lowest BCUT2D eigenvalue weighted by molar-refractivity contribution is -0.646. The summed E-state index contributed by atoms with van der Waals surface area (Å²) >= 11 is 0. The Labute approximate surface area is 220 Å². The number of Topliss-reactive ketones (excluding diaryl/α,β-unsaturated/α-hetero) is 1. The normalized spacial score (nSPS) is 17.8. The number of rotatable bonds is 8. The fourth-order valence-electron chi connectivity index (χ4n) is 4.51. The van der Waals surface area contributed by atoms with Crippen molar-refractivity contribution in [1.82, 2.24) is 19.9 Å². The molecule has 0 saturated carbocycles. The van der Waals surface area contributed by atoms with Crippen LogP contribution >= 0.6 is 0 Å². The number of hydrogen-bond donors (Lipinski definition) is 3. The van der Waals surface area contributed by atoms with Gasteiger partial charge in [0.2, 0.25) is 5.91 Å². The van der Waals surface area contributed by atoms with E-state index < -0.39 is 51.3 Å². The molecule has 2 amide bonds. The van der Waals surface area contributed by atoms with E-state index in [0.717, 1.165) is 21.4 Å². The molecule has 12 heteroatoms. The highest BCUT2D eigenvalue weighted by Gasteiger charge is 2.37. The van der Waals surface area contributed by atoms with Gasteiger partial charge in [-0.2, -0.15) is 9.04 Å². The van der Waals surface area contributed by atoms with E-state index in [4.69, 9.17) is 0 Å². The van der Waals surface area contributed by atoms with Gasteiger partial charge < -0.3 is 20.8 Å². The van der Waals surface area contributed by atoms with E-state index in [1.54, 1.807) is 24.4 Å². The number of H-pyrrole nitrogens is 1. The number of carbonyl (C=O) groups excluding carboxylic acids is 3. The molecule has 1 unspecified atom stereocenters. The first-order chi connectivity index (χ1) is 18.1. The summed E-state index contributed by atoms with van der Waals surface area (Å²) in [5.74, 6) is -1.33. The van der Waals surface area contributed by atoms with Crippen molar-refractivity contribution in [2.45, 2.75) is 50.2 Å². The number of hydrogen-bond acceptors (Lipinski definition) is 6. The summed E-state index contributed by atoms with van der Waals surface area (Å²) in [5.41, 5.74) is 1.29. The number of carbonyl (C=O) groups is 3. The zero-order chi connectivity index (χ0) is 27.4. The Morgan fingerprint density at radius 3 is 2.74 bits per heavy atom. The van der Waals surface area contributed by atoms with Gasteiger partial charge in [-0.3, -0.25) is 14.4 Å². The highest BCUT2D eigenvalue weighted by atomic mass is 32.2. The SMILES string of the molecule is CC(C)C[C@H](NC(=O)c1ccc2[nH]ccc2c1)C(=O)NC1CCCN(S(=O)(=O)c2cccc[n+]2[O-])CC1=O. The largest absolute Gasteiger partial charge is 0.618 e. The lowest BCUT2D eigenvalue weighted by Crippen LogP contribution is -2.52. The topological polar surface area (TPSA) is 155 Å². The average Bonchev–Trinajstić information content (AvgIpc) is 3.26. The Morgan fingerprint density at radius 1 is 1.21 bits per heavy atom. The summed E-state index contributed by atoms with van der Waals surface area (Å²) in [6.45, 7) is 3.40. The average molecular weight is 542 g/mol. The Kier molecular flexibility index (Phi) is 8.12. The maximum atomic E-state index is 13.2. The van der Waals surface area contributed by atoms with Gasteiger partial charge in [-0.05, 0) is 55.5 Å². The second-order valence-electron chi connectivity index (χ2n) is 9.81. The van der Waals surface area contributed by atoms with Gasteiger partial charge in [0.25, 0.3) is 5.91 Å². The number of nitrogens with one attached hydrogen (secondary N) is 3. The molecular weight excluding hydrogens is 510 g/mol.